The van der Waals surface area contributed by atoms with Crippen molar-refractivity contribution >= 4 is 5.78 Å². The van der Waals surface area contributed by atoms with E-state index < -0.39 is 71.3 Å². The van der Waals surface area contributed by atoms with Gasteiger partial charge in [0.1, 0.15) is 5.76 Å². The highest BCUT2D eigenvalue weighted by molar-refractivity contribution is 5.98. The summed E-state index contributed by atoms with van der Waals surface area (Å²) in [5, 5.41) is 79.2. The Kier molecular flexibility index (Phi) is 7.79. The van der Waals surface area contributed by atoms with Gasteiger partial charge < -0.3 is 40.5 Å². The van der Waals surface area contributed by atoms with Gasteiger partial charge in [-0.1, -0.05) is 13.8 Å². The molecule has 5 rings (SSSR count). The number of rotatable bonds is 4. The van der Waals surface area contributed by atoms with Crippen LogP contribution in [0.15, 0.2) is 11.3 Å². The quantitative estimate of drug-likeness (QED) is 0.275. The van der Waals surface area contributed by atoms with Gasteiger partial charge in [-0.25, -0.2) is 0 Å². The highest BCUT2D eigenvalue weighted by Crippen LogP contribution is 2.59. The maximum Gasteiger partial charge on any atom is 0.165 e. The van der Waals surface area contributed by atoms with E-state index in [1.807, 2.05) is 0 Å². The average molecular weight is 539 g/mol. The van der Waals surface area contributed by atoms with Crippen LogP contribution in [0, 0.1) is 53.3 Å². The number of hydrogen-bond donors (Lipinski definition) is 7. The molecule has 9 nitrogen and oxygen atoms in total. The van der Waals surface area contributed by atoms with E-state index in [1.165, 1.54) is 6.92 Å². The predicted molar refractivity (Wildman–Crippen MR) is 137 cm³/mol. The molecular formula is C29H46O9. The molecule has 0 aromatic rings. The number of aliphatic hydroxyl groups excluding tert-OH is 6. The summed E-state index contributed by atoms with van der Waals surface area (Å²) >= 11 is 0. The maximum absolute atomic E-state index is 12.7. The molecule has 5 aliphatic rings. The third-order valence-corrected chi connectivity index (χ3v) is 11.2. The second-order valence-corrected chi connectivity index (χ2v) is 13.3. The summed E-state index contributed by atoms with van der Waals surface area (Å²) in [5.41, 5.74) is -2.45. The zero-order valence-corrected chi connectivity index (χ0v) is 22.7. The zero-order chi connectivity index (χ0) is 27.7. The summed E-state index contributed by atoms with van der Waals surface area (Å²) in [6.07, 6.45) is -2.79. The zero-order valence-electron chi connectivity index (χ0n) is 22.7. The minimum atomic E-state index is -2.16. The summed E-state index contributed by atoms with van der Waals surface area (Å²) in [7, 11) is 0. The van der Waals surface area contributed by atoms with Gasteiger partial charge in [0.25, 0.3) is 0 Å². The minimum absolute atomic E-state index is 0.0173. The van der Waals surface area contributed by atoms with Crippen LogP contribution in [0.4, 0.5) is 0 Å². The van der Waals surface area contributed by atoms with Gasteiger partial charge in [-0.05, 0) is 68.6 Å². The molecule has 7 N–H and O–H groups in total. The Balaban J connectivity index is 1.48. The number of aliphatic hydroxyl groups is 7. The van der Waals surface area contributed by atoms with Crippen molar-refractivity contribution in [2.24, 2.45) is 53.3 Å². The minimum Gasteiger partial charge on any atom is -0.509 e. The van der Waals surface area contributed by atoms with Crippen molar-refractivity contribution in [1.82, 2.24) is 0 Å². The fourth-order valence-corrected chi connectivity index (χ4v) is 9.26. The van der Waals surface area contributed by atoms with Gasteiger partial charge >= 0.3 is 0 Å². The average Bonchev–Trinajstić information content (AvgIpc) is 2.86. The van der Waals surface area contributed by atoms with Gasteiger partial charge in [-0.3, -0.25) is 4.79 Å². The van der Waals surface area contributed by atoms with Crippen molar-refractivity contribution in [3.05, 3.63) is 11.3 Å². The Hall–Kier alpha value is -1.07. The van der Waals surface area contributed by atoms with E-state index in [2.05, 4.69) is 13.8 Å². The van der Waals surface area contributed by atoms with Crippen molar-refractivity contribution < 1.29 is 45.3 Å². The standard InChI is InChI=1S/C29H46O9/c1-12(2)17-11-19(24(32)14-4-6-38-7-5-14)25(33)23-18(17)9-15-8-16-10-20(31)21(13(3)30)27(35)29(16,37)28(36)22(15)26(23)34/h12-19,22-26,28,30,32-37H,4-11H2,1-3H3/t13?,15?,16?,17?,18?,19?,22?,23?,24?,25?,26?,28?,29-/m1/s1. The van der Waals surface area contributed by atoms with Gasteiger partial charge in [0.2, 0.25) is 0 Å². The molecule has 4 fully saturated rings. The molecule has 9 heteroatoms. The Morgan fingerprint density at radius 2 is 1.58 bits per heavy atom. The van der Waals surface area contributed by atoms with Crippen molar-refractivity contribution in [3.8, 4) is 0 Å². The lowest BCUT2D eigenvalue weighted by Gasteiger charge is -2.61. The van der Waals surface area contributed by atoms with E-state index in [1.54, 1.807) is 0 Å². The van der Waals surface area contributed by atoms with E-state index in [0.29, 0.717) is 32.5 Å². The third-order valence-electron chi connectivity index (χ3n) is 11.2. The molecule has 3 saturated carbocycles. The molecule has 1 saturated heterocycles. The van der Waals surface area contributed by atoms with E-state index in [-0.39, 0.29) is 41.6 Å². The molecule has 0 amide bonds. The van der Waals surface area contributed by atoms with Crippen LogP contribution in [0.1, 0.15) is 59.3 Å². The Morgan fingerprint density at radius 3 is 2.18 bits per heavy atom. The van der Waals surface area contributed by atoms with Crippen molar-refractivity contribution in [2.45, 2.75) is 95.4 Å². The topological polar surface area (TPSA) is 168 Å². The van der Waals surface area contributed by atoms with Crippen LogP contribution >= 0.6 is 0 Å². The van der Waals surface area contributed by atoms with Crippen molar-refractivity contribution in [2.75, 3.05) is 13.2 Å². The SMILES string of the molecule is CC(O)C1=C(O)[C@]2(O)C(CC1=O)CC1CC3C(C(C)C)CC(C(O)C4CCOCC4)C(O)C3C(O)C1C2O. The number of ketones is 1. The Bertz CT molecular complexity index is 927. The third kappa shape index (κ3) is 4.28. The molecule has 1 aliphatic heterocycles. The highest BCUT2D eigenvalue weighted by atomic mass is 16.5. The summed E-state index contributed by atoms with van der Waals surface area (Å²) in [4.78, 5) is 12.7. The van der Waals surface area contributed by atoms with E-state index in [9.17, 15) is 40.5 Å². The molecule has 0 aromatic carbocycles. The number of hydrogen-bond acceptors (Lipinski definition) is 9. The lowest BCUT2D eigenvalue weighted by molar-refractivity contribution is -0.243. The second-order valence-electron chi connectivity index (χ2n) is 13.3. The normalized spacial score (nSPS) is 47.8. The molecule has 0 spiro atoms. The van der Waals surface area contributed by atoms with E-state index in [0.717, 1.165) is 12.8 Å². The smallest absolute Gasteiger partial charge is 0.165 e. The predicted octanol–water partition coefficient (Wildman–Crippen LogP) is 0.934. The molecule has 12 unspecified atom stereocenters. The lowest BCUT2D eigenvalue weighted by Crippen LogP contribution is -2.68. The fraction of sp³-hybridized carbons (Fsp3) is 0.897. The first-order valence-electron chi connectivity index (χ1n) is 14.6. The molecule has 0 aromatic heterocycles. The number of carbonyl (C=O) groups excluding carboxylic acids is 1. The molecule has 38 heavy (non-hydrogen) atoms. The van der Waals surface area contributed by atoms with E-state index >= 15 is 0 Å². The molecule has 13 atom stereocenters. The van der Waals surface area contributed by atoms with Crippen LogP contribution in [0.5, 0.6) is 0 Å². The summed E-state index contributed by atoms with van der Waals surface area (Å²) in [6, 6.07) is 0. The number of carbonyl (C=O) groups is 1. The molecular weight excluding hydrogens is 492 g/mol. The van der Waals surface area contributed by atoms with Gasteiger partial charge in [-0.15, -0.1) is 0 Å². The number of ether oxygens (including phenoxy) is 1. The monoisotopic (exact) mass is 538 g/mol. The first-order chi connectivity index (χ1) is 17.9. The van der Waals surface area contributed by atoms with Gasteiger partial charge in [0, 0.05) is 43.3 Å². The van der Waals surface area contributed by atoms with Gasteiger partial charge in [-0.2, -0.15) is 0 Å². The lowest BCUT2D eigenvalue weighted by atomic mass is 9.47. The van der Waals surface area contributed by atoms with Crippen molar-refractivity contribution in [1.29, 1.82) is 0 Å². The summed E-state index contributed by atoms with van der Waals surface area (Å²) < 4.78 is 5.46. The van der Waals surface area contributed by atoms with Crippen LogP contribution in [0.2, 0.25) is 0 Å². The maximum atomic E-state index is 12.7. The molecule has 0 bridgehead atoms. The van der Waals surface area contributed by atoms with Crippen molar-refractivity contribution in [3.63, 3.8) is 0 Å². The second kappa shape index (κ2) is 10.4. The molecule has 4 aliphatic carbocycles. The van der Waals surface area contributed by atoms with Crippen LogP contribution < -0.4 is 0 Å². The number of fused-ring (bicyclic) bond motifs is 3. The molecule has 216 valence electrons. The summed E-state index contributed by atoms with van der Waals surface area (Å²) in [6.45, 7) is 6.75. The summed E-state index contributed by atoms with van der Waals surface area (Å²) in [5.74, 6) is -3.53. The molecule has 1 heterocycles. The number of Topliss-reactive ketones (excluding diaryl/α,β-unsaturated/α-hetero) is 1. The largest absolute Gasteiger partial charge is 0.509 e. The fourth-order valence-electron chi connectivity index (χ4n) is 9.26. The molecule has 0 radical (unpaired) electrons. The van der Waals surface area contributed by atoms with Crippen LogP contribution in [0.25, 0.3) is 0 Å². The Labute approximate surface area is 224 Å². The Morgan fingerprint density at radius 1 is 0.921 bits per heavy atom. The van der Waals surface area contributed by atoms with Gasteiger partial charge in [0.15, 0.2) is 11.4 Å². The van der Waals surface area contributed by atoms with E-state index in [4.69, 9.17) is 4.74 Å². The van der Waals surface area contributed by atoms with Crippen LogP contribution in [-0.2, 0) is 9.53 Å². The first-order valence-corrected chi connectivity index (χ1v) is 14.6. The van der Waals surface area contributed by atoms with Crippen LogP contribution in [0.3, 0.4) is 0 Å². The first kappa shape index (κ1) is 28.5. The van der Waals surface area contributed by atoms with Gasteiger partial charge in [0.05, 0.1) is 36.1 Å². The van der Waals surface area contributed by atoms with Crippen LogP contribution in [-0.4, -0.2) is 90.9 Å². The highest BCUT2D eigenvalue weighted by Gasteiger charge is 2.65.